The lowest BCUT2D eigenvalue weighted by Gasteiger charge is -2.41. The van der Waals surface area contributed by atoms with E-state index in [0.29, 0.717) is 23.6 Å². The molecule has 0 aliphatic carbocycles. The van der Waals surface area contributed by atoms with E-state index in [-0.39, 0.29) is 6.10 Å². The van der Waals surface area contributed by atoms with Gasteiger partial charge in [-0.05, 0) is 62.1 Å². The van der Waals surface area contributed by atoms with Crippen molar-refractivity contribution in [1.29, 1.82) is 0 Å². The van der Waals surface area contributed by atoms with Gasteiger partial charge in [-0.25, -0.2) is 0 Å². The van der Waals surface area contributed by atoms with Gasteiger partial charge in [0.15, 0.2) is 6.29 Å². The molecule has 3 N–H and O–H groups in total. The maximum Gasteiger partial charge on any atom is 0.187 e. The van der Waals surface area contributed by atoms with Crippen LogP contribution in [0.4, 0.5) is 0 Å². The van der Waals surface area contributed by atoms with E-state index in [2.05, 4.69) is 0 Å². The Hall–Kier alpha value is -1.67. The van der Waals surface area contributed by atoms with Crippen LogP contribution in [-0.4, -0.2) is 52.6 Å². The number of halogens is 1. The third-order valence-electron chi connectivity index (χ3n) is 5.00. The first-order chi connectivity index (χ1) is 14.3. The predicted octanol–water partition coefficient (Wildman–Crippen LogP) is 3.23. The van der Waals surface area contributed by atoms with Gasteiger partial charge in [0.1, 0.15) is 30.2 Å². The first-order valence-corrected chi connectivity index (χ1v) is 10.5. The van der Waals surface area contributed by atoms with Crippen molar-refractivity contribution in [2.75, 3.05) is 6.61 Å². The second kappa shape index (κ2) is 10.1. The molecule has 1 aliphatic rings. The van der Waals surface area contributed by atoms with Gasteiger partial charge in [0.05, 0.1) is 12.7 Å². The number of rotatable bonds is 7. The zero-order valence-corrected chi connectivity index (χ0v) is 18.1. The van der Waals surface area contributed by atoms with E-state index in [1.165, 1.54) is 0 Å². The number of aliphatic hydroxyl groups excluding tert-OH is 3. The number of aliphatic hydroxyl groups is 3. The van der Waals surface area contributed by atoms with E-state index in [0.717, 1.165) is 16.9 Å². The summed E-state index contributed by atoms with van der Waals surface area (Å²) in [4.78, 5) is 0. The van der Waals surface area contributed by atoms with Crippen molar-refractivity contribution in [3.05, 3.63) is 64.2 Å². The summed E-state index contributed by atoms with van der Waals surface area (Å²) in [7, 11) is 0. The predicted molar refractivity (Wildman–Crippen MR) is 114 cm³/mol. The molecule has 0 aromatic heterocycles. The molecule has 7 heteroatoms. The molecule has 1 aliphatic heterocycles. The minimum Gasteiger partial charge on any atom is -0.494 e. The maximum absolute atomic E-state index is 10.5. The average Bonchev–Trinajstić information content (AvgIpc) is 2.71. The monoisotopic (exact) mass is 436 g/mol. The Morgan fingerprint density at radius 2 is 1.70 bits per heavy atom. The van der Waals surface area contributed by atoms with E-state index in [4.69, 9.17) is 25.8 Å². The highest BCUT2D eigenvalue weighted by atomic mass is 35.5. The quantitative estimate of drug-likeness (QED) is 0.617. The van der Waals surface area contributed by atoms with Gasteiger partial charge >= 0.3 is 0 Å². The zero-order chi connectivity index (χ0) is 21.8. The van der Waals surface area contributed by atoms with Crippen LogP contribution >= 0.6 is 11.6 Å². The van der Waals surface area contributed by atoms with E-state index in [1.807, 2.05) is 37.3 Å². The molecule has 1 unspecified atom stereocenters. The molecule has 2 aromatic carbocycles. The van der Waals surface area contributed by atoms with Crippen molar-refractivity contribution in [3.63, 3.8) is 0 Å². The molecule has 0 spiro atoms. The highest BCUT2D eigenvalue weighted by molar-refractivity contribution is 6.31. The van der Waals surface area contributed by atoms with E-state index in [9.17, 15) is 15.3 Å². The van der Waals surface area contributed by atoms with Crippen LogP contribution in [0.1, 0.15) is 43.6 Å². The van der Waals surface area contributed by atoms with Gasteiger partial charge < -0.3 is 29.5 Å². The van der Waals surface area contributed by atoms with Crippen molar-refractivity contribution in [1.82, 2.24) is 0 Å². The number of benzene rings is 2. The highest BCUT2D eigenvalue weighted by Gasteiger charge is 2.45. The molecule has 3 rings (SSSR count). The lowest BCUT2D eigenvalue weighted by atomic mass is 9.92. The molecule has 0 amide bonds. The number of hydrogen-bond acceptors (Lipinski definition) is 6. The van der Waals surface area contributed by atoms with Crippen LogP contribution in [0.25, 0.3) is 0 Å². The van der Waals surface area contributed by atoms with Crippen LogP contribution < -0.4 is 4.74 Å². The maximum atomic E-state index is 10.5. The first-order valence-electron chi connectivity index (χ1n) is 10.1. The zero-order valence-electron chi connectivity index (χ0n) is 17.4. The lowest BCUT2D eigenvalue weighted by molar-refractivity contribution is -0.307. The molecule has 5 atom stereocenters. The molecule has 0 radical (unpaired) electrons. The second-order valence-corrected chi connectivity index (χ2v) is 8.09. The Balaban J connectivity index is 1.82. The van der Waals surface area contributed by atoms with Crippen molar-refractivity contribution >= 4 is 11.6 Å². The van der Waals surface area contributed by atoms with E-state index >= 15 is 0 Å². The minimum atomic E-state index is -1.39. The fourth-order valence-electron chi connectivity index (χ4n) is 3.50. The van der Waals surface area contributed by atoms with Crippen LogP contribution in [0.2, 0.25) is 5.02 Å². The smallest absolute Gasteiger partial charge is 0.187 e. The molecule has 6 nitrogen and oxygen atoms in total. The topological polar surface area (TPSA) is 88.4 Å². The summed E-state index contributed by atoms with van der Waals surface area (Å²) in [6.45, 7) is 6.16. The molecule has 164 valence electrons. The Morgan fingerprint density at radius 1 is 1.00 bits per heavy atom. The molecule has 0 bridgehead atoms. The van der Waals surface area contributed by atoms with Gasteiger partial charge in [-0.15, -0.1) is 0 Å². The third kappa shape index (κ3) is 5.32. The van der Waals surface area contributed by atoms with Gasteiger partial charge in [0, 0.05) is 5.02 Å². The fraction of sp³-hybridized carbons (Fsp3) is 0.478. The van der Waals surface area contributed by atoms with Gasteiger partial charge in [-0.2, -0.15) is 0 Å². The summed E-state index contributed by atoms with van der Waals surface area (Å²) >= 11 is 6.41. The van der Waals surface area contributed by atoms with Gasteiger partial charge in [0.2, 0.25) is 0 Å². The largest absolute Gasteiger partial charge is 0.494 e. The summed E-state index contributed by atoms with van der Waals surface area (Å²) in [5, 5.41) is 31.6. The number of ether oxygens (including phenoxy) is 3. The van der Waals surface area contributed by atoms with Crippen LogP contribution in [0, 0.1) is 0 Å². The summed E-state index contributed by atoms with van der Waals surface area (Å²) in [5.41, 5.74) is 2.56. The first kappa shape index (κ1) is 23.0. The summed E-state index contributed by atoms with van der Waals surface area (Å²) < 4.78 is 16.9. The molecule has 30 heavy (non-hydrogen) atoms. The summed E-state index contributed by atoms with van der Waals surface area (Å²) in [6.07, 6.45) is -5.56. The van der Waals surface area contributed by atoms with Gasteiger partial charge in [-0.3, -0.25) is 0 Å². The van der Waals surface area contributed by atoms with Crippen LogP contribution in [-0.2, 0) is 15.9 Å². The average molecular weight is 437 g/mol. The third-order valence-corrected chi connectivity index (χ3v) is 5.37. The van der Waals surface area contributed by atoms with Crippen LogP contribution in [0.15, 0.2) is 42.5 Å². The molecule has 0 saturated carbocycles. The van der Waals surface area contributed by atoms with E-state index in [1.54, 1.807) is 26.0 Å². The molecule has 1 fully saturated rings. The van der Waals surface area contributed by atoms with Crippen LogP contribution in [0.5, 0.6) is 5.75 Å². The van der Waals surface area contributed by atoms with Crippen molar-refractivity contribution in [2.24, 2.45) is 0 Å². The second-order valence-electron chi connectivity index (χ2n) is 7.69. The molecule has 1 heterocycles. The highest BCUT2D eigenvalue weighted by Crippen LogP contribution is 2.35. The summed E-state index contributed by atoms with van der Waals surface area (Å²) in [5.74, 6) is 0.809. The minimum absolute atomic E-state index is 0.215. The van der Waals surface area contributed by atoms with Crippen molar-refractivity contribution < 1.29 is 29.5 Å². The van der Waals surface area contributed by atoms with Crippen molar-refractivity contribution in [3.8, 4) is 5.75 Å². The van der Waals surface area contributed by atoms with E-state index < -0.39 is 30.7 Å². The number of hydrogen-bond donors (Lipinski definition) is 3. The molecular formula is C23H29ClO6. The Kier molecular flexibility index (Phi) is 7.74. The lowest BCUT2D eigenvalue weighted by Crippen LogP contribution is -2.55. The molecule has 2 aromatic rings. The Labute approximate surface area is 182 Å². The SMILES string of the molecule is CCOc1ccc(Cc2cc([C@@H]3OC(OC(C)C)[C@@H](O)[C@H](O)[C@H]3O)ccc2Cl)cc1. The van der Waals surface area contributed by atoms with Gasteiger partial charge in [0.25, 0.3) is 0 Å². The van der Waals surface area contributed by atoms with Crippen molar-refractivity contribution in [2.45, 2.75) is 64.0 Å². The fourth-order valence-corrected chi connectivity index (χ4v) is 3.69. The normalized spacial score (nSPS) is 26.7. The van der Waals surface area contributed by atoms with Gasteiger partial charge in [-0.1, -0.05) is 35.9 Å². The standard InChI is InChI=1S/C23H29ClO6/c1-4-28-17-8-5-14(6-9-17)11-16-12-15(7-10-18(16)24)22-20(26)19(25)21(27)23(30-22)29-13(2)3/h5-10,12-13,19-23,25-27H,4,11H2,1-3H3/t19-,20-,21+,22+,23?/m1/s1. The van der Waals surface area contributed by atoms with Crippen LogP contribution in [0.3, 0.4) is 0 Å². The molecular weight excluding hydrogens is 408 g/mol. The molecule has 1 saturated heterocycles. The Bertz CT molecular complexity index is 825. The Morgan fingerprint density at radius 3 is 2.33 bits per heavy atom. The summed E-state index contributed by atoms with van der Waals surface area (Å²) in [6, 6.07) is 13.1.